The van der Waals surface area contributed by atoms with E-state index in [-0.39, 0.29) is 17.3 Å². The van der Waals surface area contributed by atoms with Crippen molar-refractivity contribution in [3.8, 4) is 0 Å². The zero-order valence-electron chi connectivity index (χ0n) is 13.7. The van der Waals surface area contributed by atoms with Gasteiger partial charge in [0.2, 0.25) is 5.91 Å². The molecule has 0 bridgehead atoms. The Labute approximate surface area is 140 Å². The first-order chi connectivity index (χ1) is 11.2. The number of aromatic amines is 1. The second kappa shape index (κ2) is 9.77. The Morgan fingerprint density at radius 1 is 1.39 bits per heavy atom. The second-order valence-corrected chi connectivity index (χ2v) is 6.80. The number of ether oxygens (including phenoxy) is 1. The van der Waals surface area contributed by atoms with E-state index in [1.54, 1.807) is 11.7 Å². The van der Waals surface area contributed by atoms with Gasteiger partial charge in [0.05, 0.1) is 5.75 Å². The van der Waals surface area contributed by atoms with E-state index in [0.717, 1.165) is 19.3 Å². The third-order valence-electron chi connectivity index (χ3n) is 4.01. The summed E-state index contributed by atoms with van der Waals surface area (Å²) in [7, 11) is 1.63. The molecule has 2 N–H and O–H groups in total. The third kappa shape index (κ3) is 6.02. The zero-order valence-corrected chi connectivity index (χ0v) is 14.5. The van der Waals surface area contributed by atoms with Crippen molar-refractivity contribution in [1.82, 2.24) is 20.1 Å². The molecule has 2 rings (SSSR count). The largest absolute Gasteiger partial charge is 0.385 e. The highest BCUT2D eigenvalue weighted by Crippen LogP contribution is 2.18. The summed E-state index contributed by atoms with van der Waals surface area (Å²) in [5.74, 6) is 0.297. The molecular weight excluding hydrogens is 316 g/mol. The van der Waals surface area contributed by atoms with Crippen LogP contribution in [-0.4, -0.2) is 46.2 Å². The molecule has 0 aliphatic heterocycles. The van der Waals surface area contributed by atoms with Gasteiger partial charge in [-0.1, -0.05) is 37.4 Å². The van der Waals surface area contributed by atoms with Gasteiger partial charge in [-0.25, -0.2) is 9.89 Å². The van der Waals surface area contributed by atoms with Gasteiger partial charge in [0.15, 0.2) is 5.16 Å². The molecule has 1 fully saturated rings. The van der Waals surface area contributed by atoms with Crippen LogP contribution < -0.4 is 11.0 Å². The molecule has 1 aliphatic carbocycles. The number of carbonyl (C=O) groups is 1. The summed E-state index contributed by atoms with van der Waals surface area (Å²) in [6.45, 7) is 1.12. The topological polar surface area (TPSA) is 89.0 Å². The maximum atomic E-state index is 12.1. The van der Waals surface area contributed by atoms with Gasteiger partial charge in [-0.05, 0) is 19.3 Å². The molecule has 0 atom stereocenters. The van der Waals surface area contributed by atoms with Crippen molar-refractivity contribution in [2.75, 3.05) is 19.5 Å². The molecule has 0 spiro atoms. The van der Waals surface area contributed by atoms with Crippen LogP contribution in [0.3, 0.4) is 0 Å². The monoisotopic (exact) mass is 342 g/mol. The van der Waals surface area contributed by atoms with Gasteiger partial charge < -0.3 is 10.1 Å². The lowest BCUT2D eigenvalue weighted by Crippen LogP contribution is -2.35. The molecule has 1 heterocycles. The highest BCUT2D eigenvalue weighted by atomic mass is 32.2. The lowest BCUT2D eigenvalue weighted by molar-refractivity contribution is -0.119. The molecule has 1 saturated carbocycles. The van der Waals surface area contributed by atoms with Crippen molar-refractivity contribution in [3.63, 3.8) is 0 Å². The standard InChI is InChI=1S/C15H26N4O3S/c1-22-10-6-9-19-14(21)17-18-15(19)23-11-13(20)16-12-7-4-2-3-5-8-12/h12H,2-11H2,1H3,(H,16,20)(H,17,21). The van der Waals surface area contributed by atoms with Crippen LogP contribution in [0.15, 0.2) is 9.95 Å². The second-order valence-electron chi connectivity index (χ2n) is 5.85. The summed E-state index contributed by atoms with van der Waals surface area (Å²) >= 11 is 1.30. The molecule has 1 aromatic rings. The number of methoxy groups -OCH3 is 1. The molecule has 8 heteroatoms. The minimum Gasteiger partial charge on any atom is -0.385 e. The molecule has 1 aliphatic rings. The van der Waals surface area contributed by atoms with Gasteiger partial charge in [0.25, 0.3) is 0 Å². The number of nitrogens with zero attached hydrogens (tertiary/aromatic N) is 2. The van der Waals surface area contributed by atoms with Crippen LogP contribution in [0.5, 0.6) is 0 Å². The molecule has 0 saturated heterocycles. The van der Waals surface area contributed by atoms with Gasteiger partial charge in [0.1, 0.15) is 0 Å². The van der Waals surface area contributed by atoms with Crippen molar-refractivity contribution in [1.29, 1.82) is 0 Å². The van der Waals surface area contributed by atoms with E-state index in [1.807, 2.05) is 0 Å². The Bertz CT molecular complexity index is 535. The fraction of sp³-hybridized carbons (Fsp3) is 0.800. The number of hydrogen-bond donors (Lipinski definition) is 2. The van der Waals surface area contributed by atoms with E-state index in [0.29, 0.717) is 24.3 Å². The molecule has 0 unspecified atom stereocenters. The van der Waals surface area contributed by atoms with Gasteiger partial charge in [-0.3, -0.25) is 9.36 Å². The molecule has 23 heavy (non-hydrogen) atoms. The van der Waals surface area contributed by atoms with Crippen molar-refractivity contribution in [2.24, 2.45) is 0 Å². The Kier molecular flexibility index (Phi) is 7.67. The van der Waals surface area contributed by atoms with Crippen molar-refractivity contribution in [3.05, 3.63) is 10.5 Å². The Morgan fingerprint density at radius 3 is 2.83 bits per heavy atom. The normalized spacial score (nSPS) is 16.2. The van der Waals surface area contributed by atoms with Crippen LogP contribution in [-0.2, 0) is 16.1 Å². The zero-order chi connectivity index (χ0) is 16.5. The summed E-state index contributed by atoms with van der Waals surface area (Å²) in [6.07, 6.45) is 7.79. The van der Waals surface area contributed by atoms with Gasteiger partial charge in [-0.15, -0.1) is 5.10 Å². The highest BCUT2D eigenvalue weighted by Gasteiger charge is 2.16. The van der Waals surface area contributed by atoms with Crippen LogP contribution in [0.25, 0.3) is 0 Å². The fourth-order valence-corrected chi connectivity index (χ4v) is 3.58. The summed E-state index contributed by atoms with van der Waals surface area (Å²) < 4.78 is 6.55. The first-order valence-corrected chi connectivity index (χ1v) is 9.25. The van der Waals surface area contributed by atoms with Gasteiger partial charge >= 0.3 is 5.69 Å². The molecule has 1 aromatic heterocycles. The lowest BCUT2D eigenvalue weighted by Gasteiger charge is -2.15. The number of thioether (sulfide) groups is 1. The fourth-order valence-electron chi connectivity index (χ4n) is 2.80. The van der Waals surface area contributed by atoms with Crippen LogP contribution in [0.4, 0.5) is 0 Å². The van der Waals surface area contributed by atoms with E-state index in [4.69, 9.17) is 4.74 Å². The minimum atomic E-state index is -0.243. The van der Waals surface area contributed by atoms with Crippen LogP contribution in [0, 0.1) is 0 Å². The molecule has 130 valence electrons. The van der Waals surface area contributed by atoms with E-state index < -0.39 is 0 Å². The maximum absolute atomic E-state index is 12.1. The molecule has 1 amide bonds. The number of aromatic nitrogens is 3. The first-order valence-electron chi connectivity index (χ1n) is 8.27. The smallest absolute Gasteiger partial charge is 0.343 e. The first kappa shape index (κ1) is 18.1. The Balaban J connectivity index is 1.80. The van der Waals surface area contributed by atoms with Crippen molar-refractivity contribution in [2.45, 2.75) is 62.7 Å². The number of carbonyl (C=O) groups excluding carboxylic acids is 1. The van der Waals surface area contributed by atoms with Crippen molar-refractivity contribution < 1.29 is 9.53 Å². The summed E-state index contributed by atoms with van der Waals surface area (Å²) in [4.78, 5) is 23.8. The number of rotatable bonds is 8. The van der Waals surface area contributed by atoms with E-state index in [2.05, 4.69) is 15.5 Å². The third-order valence-corrected chi connectivity index (χ3v) is 4.98. The lowest BCUT2D eigenvalue weighted by atomic mass is 10.1. The van der Waals surface area contributed by atoms with Crippen LogP contribution in [0.2, 0.25) is 0 Å². The quantitative estimate of drug-likeness (QED) is 0.425. The van der Waals surface area contributed by atoms with Gasteiger partial charge in [-0.2, -0.15) is 0 Å². The van der Waals surface area contributed by atoms with Crippen LogP contribution in [0.1, 0.15) is 44.9 Å². The average Bonchev–Trinajstić information content (AvgIpc) is 2.74. The van der Waals surface area contributed by atoms with E-state index in [1.165, 1.54) is 37.4 Å². The maximum Gasteiger partial charge on any atom is 0.343 e. The van der Waals surface area contributed by atoms with E-state index >= 15 is 0 Å². The van der Waals surface area contributed by atoms with Gasteiger partial charge in [0, 0.05) is 26.3 Å². The summed E-state index contributed by atoms with van der Waals surface area (Å²) in [6, 6.07) is 0.300. The average molecular weight is 342 g/mol. The van der Waals surface area contributed by atoms with Crippen LogP contribution >= 0.6 is 11.8 Å². The molecule has 7 nitrogen and oxygen atoms in total. The summed E-state index contributed by atoms with van der Waals surface area (Å²) in [5.41, 5.74) is -0.243. The van der Waals surface area contributed by atoms with Crippen molar-refractivity contribution >= 4 is 17.7 Å². The number of H-pyrrole nitrogens is 1. The molecule has 0 radical (unpaired) electrons. The molecule has 0 aromatic carbocycles. The number of nitrogens with one attached hydrogen (secondary N) is 2. The predicted octanol–water partition coefficient (Wildman–Crippen LogP) is 1.54. The summed E-state index contributed by atoms with van der Waals surface area (Å²) in [5, 5.41) is 10.1. The SMILES string of the molecule is COCCCn1c(SCC(=O)NC2CCCCCC2)n[nH]c1=O. The number of amides is 1. The Hall–Kier alpha value is -1.28. The highest BCUT2D eigenvalue weighted by molar-refractivity contribution is 7.99. The van der Waals surface area contributed by atoms with E-state index in [9.17, 15) is 9.59 Å². The molecular formula is C15H26N4O3S. The Morgan fingerprint density at radius 2 is 2.13 bits per heavy atom. The predicted molar refractivity (Wildman–Crippen MR) is 89.7 cm³/mol. The minimum absolute atomic E-state index is 0.0146. The number of hydrogen-bond acceptors (Lipinski definition) is 5.